The first-order chi connectivity index (χ1) is 10.1. The van der Waals surface area contributed by atoms with Crippen molar-refractivity contribution in [1.29, 1.82) is 0 Å². The number of carbonyl (C=O) groups excluding carboxylic acids is 1. The van der Waals surface area contributed by atoms with Gasteiger partial charge in [-0.15, -0.1) is 0 Å². The molecule has 2 N–H and O–H groups in total. The van der Waals surface area contributed by atoms with Crippen molar-refractivity contribution >= 4 is 27.5 Å². The molecule has 0 saturated carbocycles. The van der Waals surface area contributed by atoms with Crippen LogP contribution in [0.15, 0.2) is 46.9 Å². The summed E-state index contributed by atoms with van der Waals surface area (Å²) in [5, 5.41) is 6.28. The van der Waals surface area contributed by atoms with E-state index in [2.05, 4.69) is 33.5 Å². The van der Waals surface area contributed by atoms with Crippen LogP contribution >= 0.6 is 15.9 Å². The second kappa shape index (κ2) is 7.38. The summed E-state index contributed by atoms with van der Waals surface area (Å²) in [5.74, 6) is -0.0854. The van der Waals surface area contributed by atoms with Gasteiger partial charge in [0.2, 0.25) is 0 Å². The van der Waals surface area contributed by atoms with E-state index in [1.165, 1.54) is 0 Å². The molecule has 0 spiro atoms. The molecule has 0 unspecified atom stereocenters. The van der Waals surface area contributed by atoms with Crippen molar-refractivity contribution in [3.05, 3.63) is 63.6 Å². The van der Waals surface area contributed by atoms with Gasteiger partial charge in [0.05, 0.1) is 0 Å². The van der Waals surface area contributed by atoms with Crippen LogP contribution in [0.25, 0.3) is 0 Å². The quantitative estimate of drug-likeness (QED) is 0.854. The van der Waals surface area contributed by atoms with E-state index in [9.17, 15) is 4.79 Å². The summed E-state index contributed by atoms with van der Waals surface area (Å²) in [6.45, 7) is 5.63. The van der Waals surface area contributed by atoms with Crippen LogP contribution in [0.3, 0.4) is 0 Å². The molecule has 0 bridgehead atoms. The molecule has 0 aliphatic rings. The third-order valence-electron chi connectivity index (χ3n) is 3.34. The van der Waals surface area contributed by atoms with Crippen molar-refractivity contribution in [3.8, 4) is 0 Å². The summed E-state index contributed by atoms with van der Waals surface area (Å²) in [6, 6.07) is 13.5. The molecule has 0 aliphatic heterocycles. The molecule has 0 aliphatic carbocycles. The van der Waals surface area contributed by atoms with Crippen LogP contribution in [0, 0.1) is 6.92 Å². The number of rotatable bonds is 5. The van der Waals surface area contributed by atoms with E-state index >= 15 is 0 Å². The number of para-hydroxylation sites is 1. The van der Waals surface area contributed by atoms with Gasteiger partial charge < -0.3 is 10.6 Å². The molecular weight excluding hydrogens is 328 g/mol. The third kappa shape index (κ3) is 3.93. The van der Waals surface area contributed by atoms with Crippen molar-refractivity contribution in [2.75, 3.05) is 11.9 Å². The van der Waals surface area contributed by atoms with Crippen LogP contribution in [-0.2, 0) is 6.54 Å². The monoisotopic (exact) mass is 346 g/mol. The molecular formula is C17H19BrN2O. The maximum Gasteiger partial charge on any atom is 0.255 e. The van der Waals surface area contributed by atoms with E-state index in [0.717, 1.165) is 34.4 Å². The Morgan fingerprint density at radius 1 is 1.14 bits per heavy atom. The fraction of sp³-hybridized carbons (Fsp3) is 0.235. The zero-order valence-corrected chi connectivity index (χ0v) is 13.8. The Labute approximate surface area is 133 Å². The maximum absolute atomic E-state index is 12.5. The number of carbonyl (C=O) groups is 1. The summed E-state index contributed by atoms with van der Waals surface area (Å²) in [6.07, 6.45) is 0. The Bertz CT molecular complexity index is 640. The molecule has 21 heavy (non-hydrogen) atoms. The molecule has 0 atom stereocenters. The highest BCUT2D eigenvalue weighted by Crippen LogP contribution is 2.21. The Hall–Kier alpha value is -1.65. The van der Waals surface area contributed by atoms with Gasteiger partial charge in [0.1, 0.15) is 0 Å². The van der Waals surface area contributed by atoms with E-state index in [1.54, 1.807) is 0 Å². The Morgan fingerprint density at radius 3 is 2.67 bits per heavy atom. The summed E-state index contributed by atoms with van der Waals surface area (Å²) in [5.41, 5.74) is 3.56. The number of amides is 1. The average Bonchev–Trinajstić information content (AvgIpc) is 2.49. The first kappa shape index (κ1) is 15.7. The van der Waals surface area contributed by atoms with Gasteiger partial charge in [-0.05, 0) is 42.8 Å². The van der Waals surface area contributed by atoms with Gasteiger partial charge >= 0.3 is 0 Å². The number of hydrogen-bond acceptors (Lipinski definition) is 2. The zero-order valence-electron chi connectivity index (χ0n) is 12.2. The van der Waals surface area contributed by atoms with Crippen molar-refractivity contribution in [3.63, 3.8) is 0 Å². The van der Waals surface area contributed by atoms with E-state index in [-0.39, 0.29) is 5.91 Å². The number of hydrogen-bond donors (Lipinski definition) is 2. The highest BCUT2D eigenvalue weighted by molar-refractivity contribution is 9.10. The first-order valence-corrected chi connectivity index (χ1v) is 7.78. The van der Waals surface area contributed by atoms with Crippen molar-refractivity contribution in [1.82, 2.24) is 5.32 Å². The third-order valence-corrected chi connectivity index (χ3v) is 4.20. The lowest BCUT2D eigenvalue weighted by molar-refractivity contribution is 0.102. The van der Waals surface area contributed by atoms with Crippen LogP contribution < -0.4 is 10.6 Å². The lowest BCUT2D eigenvalue weighted by Gasteiger charge is -2.13. The molecule has 2 aromatic carbocycles. The zero-order chi connectivity index (χ0) is 15.2. The first-order valence-electron chi connectivity index (χ1n) is 6.98. The molecule has 2 aromatic rings. The topological polar surface area (TPSA) is 41.1 Å². The molecule has 0 heterocycles. The molecule has 0 saturated heterocycles. The smallest absolute Gasteiger partial charge is 0.255 e. The highest BCUT2D eigenvalue weighted by atomic mass is 79.9. The molecule has 0 radical (unpaired) electrons. The normalized spacial score (nSPS) is 10.4. The lowest BCUT2D eigenvalue weighted by atomic mass is 10.1. The van der Waals surface area contributed by atoms with E-state index in [4.69, 9.17) is 0 Å². The highest BCUT2D eigenvalue weighted by Gasteiger charge is 2.12. The second-order valence-corrected chi connectivity index (χ2v) is 5.66. The van der Waals surface area contributed by atoms with Gasteiger partial charge in [0.15, 0.2) is 0 Å². The van der Waals surface area contributed by atoms with Gasteiger partial charge in [-0.3, -0.25) is 4.79 Å². The number of nitrogens with one attached hydrogen (secondary N) is 2. The Kier molecular flexibility index (Phi) is 5.53. The van der Waals surface area contributed by atoms with Crippen LogP contribution in [0.4, 0.5) is 5.69 Å². The molecule has 0 fully saturated rings. The lowest BCUT2D eigenvalue weighted by Crippen LogP contribution is -2.17. The van der Waals surface area contributed by atoms with Crippen molar-refractivity contribution in [2.24, 2.45) is 0 Å². The SMILES string of the molecule is CCNCc1ccccc1NC(=O)c1cccc(Br)c1C. The van der Waals surface area contributed by atoms with Gasteiger partial charge in [-0.1, -0.05) is 47.1 Å². The fourth-order valence-electron chi connectivity index (χ4n) is 2.10. The molecule has 3 nitrogen and oxygen atoms in total. The van der Waals surface area contributed by atoms with Crippen molar-refractivity contribution in [2.45, 2.75) is 20.4 Å². The van der Waals surface area contributed by atoms with Crippen LogP contribution in [0.5, 0.6) is 0 Å². The van der Waals surface area contributed by atoms with Gasteiger partial charge in [0.25, 0.3) is 5.91 Å². The maximum atomic E-state index is 12.5. The summed E-state index contributed by atoms with van der Waals surface area (Å²) >= 11 is 3.46. The summed E-state index contributed by atoms with van der Waals surface area (Å²) < 4.78 is 0.941. The molecule has 2 rings (SSSR count). The molecule has 110 valence electrons. The fourth-order valence-corrected chi connectivity index (χ4v) is 2.47. The van der Waals surface area contributed by atoms with Crippen LogP contribution in [-0.4, -0.2) is 12.5 Å². The minimum Gasteiger partial charge on any atom is -0.322 e. The van der Waals surface area contributed by atoms with Crippen LogP contribution in [0.1, 0.15) is 28.4 Å². The molecule has 0 aromatic heterocycles. The largest absolute Gasteiger partial charge is 0.322 e. The number of benzene rings is 2. The summed E-state index contributed by atoms with van der Waals surface area (Å²) in [4.78, 5) is 12.5. The number of anilines is 1. The van der Waals surface area contributed by atoms with Gasteiger partial charge in [-0.2, -0.15) is 0 Å². The predicted octanol–water partition coefficient (Wildman–Crippen LogP) is 4.12. The number of halogens is 1. The van der Waals surface area contributed by atoms with Gasteiger partial charge in [-0.25, -0.2) is 0 Å². The van der Waals surface area contributed by atoms with Crippen LogP contribution in [0.2, 0.25) is 0 Å². The summed E-state index contributed by atoms with van der Waals surface area (Å²) in [7, 11) is 0. The van der Waals surface area contributed by atoms with Crippen molar-refractivity contribution < 1.29 is 4.79 Å². The van der Waals surface area contributed by atoms with E-state index < -0.39 is 0 Å². The minimum atomic E-state index is -0.0854. The standard InChI is InChI=1S/C17H19BrN2O/c1-3-19-11-13-7-4-5-10-16(13)20-17(21)14-8-6-9-15(18)12(14)2/h4-10,19H,3,11H2,1-2H3,(H,20,21). The Balaban J connectivity index is 2.22. The average molecular weight is 347 g/mol. The Morgan fingerprint density at radius 2 is 1.90 bits per heavy atom. The van der Waals surface area contributed by atoms with E-state index in [0.29, 0.717) is 5.56 Å². The molecule has 1 amide bonds. The minimum absolute atomic E-state index is 0.0854. The second-order valence-electron chi connectivity index (χ2n) is 4.80. The van der Waals surface area contributed by atoms with Gasteiger partial charge in [0, 0.05) is 22.3 Å². The predicted molar refractivity (Wildman–Crippen MR) is 90.7 cm³/mol. The molecule has 4 heteroatoms. The van der Waals surface area contributed by atoms with E-state index in [1.807, 2.05) is 49.4 Å².